The highest BCUT2D eigenvalue weighted by atomic mass is 127. The minimum Gasteiger partial charge on any atom is -0.508 e. The highest BCUT2D eigenvalue weighted by molar-refractivity contribution is 14.1. The zero-order valence-electron chi connectivity index (χ0n) is 11.9. The van der Waals surface area contributed by atoms with Crippen molar-refractivity contribution in [2.75, 3.05) is 0 Å². The van der Waals surface area contributed by atoms with Gasteiger partial charge < -0.3 is 25.8 Å². The van der Waals surface area contributed by atoms with Gasteiger partial charge in [0.1, 0.15) is 17.5 Å². The number of aromatic hydroxyl groups is 1. The Bertz CT molecular complexity index is 667. The second-order valence-electron chi connectivity index (χ2n) is 5.16. The van der Waals surface area contributed by atoms with Crippen LogP contribution in [0.2, 0.25) is 0 Å². The third-order valence-electron chi connectivity index (χ3n) is 3.21. The number of alkyl halides is 1. The van der Waals surface area contributed by atoms with Crippen LogP contribution in [0.5, 0.6) is 11.5 Å². The third kappa shape index (κ3) is 4.81. The van der Waals surface area contributed by atoms with Gasteiger partial charge in [-0.05, 0) is 81.9 Å². The van der Waals surface area contributed by atoms with E-state index in [1.807, 2.05) is 45.2 Å². The molecule has 124 valence electrons. The first-order chi connectivity index (χ1) is 10.7. The van der Waals surface area contributed by atoms with E-state index in [9.17, 15) is 15.0 Å². The number of hydrogen-bond donors (Lipinski definition) is 4. The predicted octanol–water partition coefficient (Wildman–Crippen LogP) is 2.67. The number of benzene rings is 1. The molecular formula is C15H15I2NO5. The maximum atomic E-state index is 10.9. The summed E-state index contributed by atoms with van der Waals surface area (Å²) in [5, 5.41) is 28.9. The molecule has 1 aliphatic carbocycles. The summed E-state index contributed by atoms with van der Waals surface area (Å²) >= 11 is 3.90. The average Bonchev–Trinajstić information content (AvgIpc) is 2.44. The molecule has 0 heterocycles. The summed E-state index contributed by atoms with van der Waals surface area (Å²) < 4.78 is 5.13. The lowest BCUT2D eigenvalue weighted by Gasteiger charge is -2.30. The summed E-state index contributed by atoms with van der Waals surface area (Å²) in [5.74, 6) is -0.0922. The molecule has 2 rings (SSSR count). The zero-order chi connectivity index (χ0) is 17.2. The summed E-state index contributed by atoms with van der Waals surface area (Å²) in [6.07, 6.45) is 2.18. The molecular weight excluding hydrogens is 528 g/mol. The van der Waals surface area contributed by atoms with E-state index in [0.717, 1.165) is 5.57 Å². The van der Waals surface area contributed by atoms with Crippen LogP contribution in [0, 0.1) is 0 Å². The number of aliphatic hydroxyl groups is 1. The van der Waals surface area contributed by atoms with Crippen molar-refractivity contribution >= 4 is 51.2 Å². The summed E-state index contributed by atoms with van der Waals surface area (Å²) in [4.78, 5) is 10.9. The minimum absolute atomic E-state index is 0.124. The SMILES string of the molecule is NC(CC1=CC(I)=C(Oc2ccc(O)cc2)C(O)(I)C1)C(=O)O. The van der Waals surface area contributed by atoms with E-state index in [0.29, 0.717) is 15.1 Å². The molecule has 2 atom stereocenters. The van der Waals surface area contributed by atoms with Gasteiger partial charge in [-0.1, -0.05) is 5.57 Å². The largest absolute Gasteiger partial charge is 0.508 e. The topological polar surface area (TPSA) is 113 Å². The maximum absolute atomic E-state index is 10.9. The minimum atomic E-state index is -1.30. The van der Waals surface area contributed by atoms with E-state index in [1.54, 1.807) is 18.2 Å². The molecule has 6 nitrogen and oxygen atoms in total. The van der Waals surface area contributed by atoms with Crippen LogP contribution >= 0.6 is 45.2 Å². The lowest BCUT2D eigenvalue weighted by atomic mass is 9.95. The number of carboxylic acid groups (broad SMARTS) is 1. The van der Waals surface area contributed by atoms with Gasteiger partial charge in [0.05, 0.1) is 3.58 Å². The molecule has 0 fully saturated rings. The van der Waals surface area contributed by atoms with Gasteiger partial charge in [-0.3, -0.25) is 4.79 Å². The van der Waals surface area contributed by atoms with Crippen LogP contribution in [0.25, 0.3) is 0 Å². The van der Waals surface area contributed by atoms with Crippen molar-refractivity contribution in [2.24, 2.45) is 5.73 Å². The zero-order valence-corrected chi connectivity index (χ0v) is 16.2. The molecule has 0 aromatic heterocycles. The standard InChI is InChI=1S/C15H15I2NO5/c16-11-5-8(6-12(18)14(20)21)7-15(17,22)13(11)23-10-3-1-9(19)2-4-10/h1-5,12,19,22H,6-7,18H2,(H,20,21). The van der Waals surface area contributed by atoms with E-state index in [-0.39, 0.29) is 18.6 Å². The fraction of sp³-hybridized carbons (Fsp3) is 0.267. The lowest BCUT2D eigenvalue weighted by molar-refractivity contribution is -0.138. The summed E-state index contributed by atoms with van der Waals surface area (Å²) in [7, 11) is 0. The Morgan fingerprint density at radius 2 is 2.00 bits per heavy atom. The number of nitrogens with two attached hydrogens (primary N) is 1. The van der Waals surface area contributed by atoms with E-state index >= 15 is 0 Å². The fourth-order valence-electron chi connectivity index (χ4n) is 2.12. The second kappa shape index (κ2) is 7.36. The molecule has 0 saturated carbocycles. The van der Waals surface area contributed by atoms with Gasteiger partial charge in [0.15, 0.2) is 9.37 Å². The number of phenolic OH excluding ortho intramolecular Hbond substituents is 1. The average molecular weight is 543 g/mol. The van der Waals surface area contributed by atoms with Crippen LogP contribution in [0.4, 0.5) is 0 Å². The Labute approximate surface area is 160 Å². The summed E-state index contributed by atoms with van der Waals surface area (Å²) in [6, 6.07) is 5.17. The second-order valence-corrected chi connectivity index (χ2v) is 8.11. The van der Waals surface area contributed by atoms with E-state index in [1.165, 1.54) is 12.1 Å². The Balaban J connectivity index is 2.25. The first-order valence-corrected chi connectivity index (χ1v) is 8.81. The van der Waals surface area contributed by atoms with Crippen LogP contribution in [0.1, 0.15) is 12.8 Å². The van der Waals surface area contributed by atoms with Crippen LogP contribution in [0.3, 0.4) is 0 Å². The van der Waals surface area contributed by atoms with Crippen molar-refractivity contribution in [3.63, 3.8) is 0 Å². The number of aliphatic carboxylic acids is 1. The first kappa shape index (κ1) is 18.5. The molecule has 0 radical (unpaired) electrons. The number of allylic oxidation sites excluding steroid dienone is 2. The van der Waals surface area contributed by atoms with E-state index < -0.39 is 15.6 Å². The molecule has 0 spiro atoms. The Morgan fingerprint density at radius 1 is 1.39 bits per heavy atom. The molecule has 2 unspecified atom stereocenters. The van der Waals surface area contributed by atoms with Crippen LogP contribution in [-0.2, 0) is 4.79 Å². The van der Waals surface area contributed by atoms with Gasteiger partial charge >= 0.3 is 5.97 Å². The van der Waals surface area contributed by atoms with Gasteiger partial charge in [-0.15, -0.1) is 0 Å². The number of ether oxygens (including phenoxy) is 1. The first-order valence-electron chi connectivity index (χ1n) is 6.65. The number of hydrogen-bond acceptors (Lipinski definition) is 5. The predicted molar refractivity (Wildman–Crippen MR) is 102 cm³/mol. The van der Waals surface area contributed by atoms with Crippen molar-refractivity contribution in [3.05, 3.63) is 45.3 Å². The van der Waals surface area contributed by atoms with Crippen molar-refractivity contribution in [1.82, 2.24) is 0 Å². The van der Waals surface area contributed by atoms with Crippen molar-refractivity contribution in [2.45, 2.75) is 22.5 Å². The highest BCUT2D eigenvalue weighted by Gasteiger charge is 2.37. The van der Waals surface area contributed by atoms with Crippen LogP contribution < -0.4 is 10.5 Å². The van der Waals surface area contributed by atoms with Gasteiger partial charge in [-0.25, -0.2) is 0 Å². The molecule has 0 amide bonds. The third-order valence-corrected chi connectivity index (χ3v) is 4.89. The molecule has 0 aliphatic heterocycles. The molecule has 0 bridgehead atoms. The van der Waals surface area contributed by atoms with E-state index in [4.69, 9.17) is 15.6 Å². The lowest BCUT2D eigenvalue weighted by Crippen LogP contribution is -2.34. The molecule has 23 heavy (non-hydrogen) atoms. The number of phenols is 1. The van der Waals surface area contributed by atoms with Gasteiger partial charge in [0.25, 0.3) is 0 Å². The maximum Gasteiger partial charge on any atom is 0.320 e. The van der Waals surface area contributed by atoms with Crippen molar-refractivity contribution in [3.8, 4) is 11.5 Å². The number of carboxylic acids is 1. The summed E-state index contributed by atoms with van der Waals surface area (Å²) in [6.45, 7) is 0. The van der Waals surface area contributed by atoms with Gasteiger partial charge in [-0.2, -0.15) is 0 Å². The molecule has 1 aliphatic rings. The van der Waals surface area contributed by atoms with Crippen LogP contribution in [-0.4, -0.2) is 30.9 Å². The highest BCUT2D eigenvalue weighted by Crippen LogP contribution is 2.42. The van der Waals surface area contributed by atoms with Crippen molar-refractivity contribution in [1.29, 1.82) is 0 Å². The Hall–Kier alpha value is -0.850. The van der Waals surface area contributed by atoms with Gasteiger partial charge in [0, 0.05) is 6.42 Å². The molecule has 1 aromatic rings. The Kier molecular flexibility index (Phi) is 5.92. The van der Waals surface area contributed by atoms with Gasteiger partial charge in [0.2, 0.25) is 0 Å². The molecule has 1 aromatic carbocycles. The van der Waals surface area contributed by atoms with Crippen LogP contribution in [0.15, 0.2) is 45.3 Å². The fourth-order valence-corrected chi connectivity index (χ4v) is 4.52. The Morgan fingerprint density at radius 3 is 2.52 bits per heavy atom. The van der Waals surface area contributed by atoms with Crippen molar-refractivity contribution < 1.29 is 24.9 Å². The summed E-state index contributed by atoms with van der Waals surface area (Å²) in [5.41, 5.74) is 6.31. The number of rotatable bonds is 5. The van der Waals surface area contributed by atoms with E-state index in [2.05, 4.69) is 0 Å². The number of carbonyl (C=O) groups is 1. The number of halogens is 2. The monoisotopic (exact) mass is 543 g/mol. The smallest absolute Gasteiger partial charge is 0.320 e. The normalized spacial score (nSPS) is 22.5. The quantitative estimate of drug-likeness (QED) is 0.336. The molecule has 8 heteroatoms. The molecule has 0 saturated heterocycles. The molecule has 5 N–H and O–H groups in total.